The van der Waals surface area contributed by atoms with Crippen LogP contribution in [0.3, 0.4) is 0 Å². The number of ether oxygens (including phenoxy) is 2. The third kappa shape index (κ3) is 3.80. The molecule has 0 unspecified atom stereocenters. The number of benzene rings is 1. The Morgan fingerprint density at radius 3 is 2.81 bits per heavy atom. The summed E-state index contributed by atoms with van der Waals surface area (Å²) in [4.78, 5) is 38.4. The minimum absolute atomic E-state index is 0.0333. The van der Waals surface area contributed by atoms with Crippen molar-refractivity contribution >= 4 is 39.0 Å². The summed E-state index contributed by atoms with van der Waals surface area (Å²) in [6, 6.07) is 9.78. The SMILES string of the molecule is CCOC(=O)c1nn(-c2cccc(OC)c2)c(=O)c2c(NC(=O)c3ccco3)scc12. The predicted molar refractivity (Wildman–Crippen MR) is 114 cm³/mol. The molecule has 0 aliphatic rings. The number of esters is 1. The number of rotatable bonds is 6. The third-order valence-electron chi connectivity index (χ3n) is 4.39. The summed E-state index contributed by atoms with van der Waals surface area (Å²) in [5.41, 5.74) is -0.146. The molecular formula is C21H17N3O6S. The standard InChI is InChI=1S/C21H17N3O6S/c1-3-29-21(27)17-14-11-31-19(22-18(25)15-8-5-9-30-15)16(14)20(26)24(23-17)12-6-4-7-13(10-12)28-2/h4-11H,3H2,1-2H3,(H,22,25). The van der Waals surface area contributed by atoms with Gasteiger partial charge in [0.15, 0.2) is 11.5 Å². The van der Waals surface area contributed by atoms with Gasteiger partial charge in [0.05, 0.1) is 31.1 Å². The van der Waals surface area contributed by atoms with Crippen LogP contribution in [0.25, 0.3) is 16.5 Å². The van der Waals surface area contributed by atoms with Crippen LogP contribution in [0.15, 0.2) is 57.3 Å². The molecule has 0 aliphatic carbocycles. The molecule has 3 aromatic heterocycles. The van der Waals surface area contributed by atoms with E-state index >= 15 is 0 Å². The van der Waals surface area contributed by atoms with Crippen molar-refractivity contribution in [3.05, 3.63) is 69.8 Å². The summed E-state index contributed by atoms with van der Waals surface area (Å²) in [7, 11) is 1.50. The Hall–Kier alpha value is -3.92. The molecule has 0 atom stereocenters. The fourth-order valence-corrected chi connectivity index (χ4v) is 3.91. The van der Waals surface area contributed by atoms with Crippen molar-refractivity contribution in [2.45, 2.75) is 6.92 Å². The fourth-order valence-electron chi connectivity index (χ4n) is 2.98. The number of anilines is 1. The second kappa shape index (κ2) is 8.44. The van der Waals surface area contributed by atoms with Gasteiger partial charge in [0.1, 0.15) is 10.8 Å². The van der Waals surface area contributed by atoms with Gasteiger partial charge in [-0.25, -0.2) is 4.79 Å². The average Bonchev–Trinajstić information content (AvgIpc) is 3.45. The number of hydrogen-bond acceptors (Lipinski definition) is 8. The number of thiophene rings is 1. The highest BCUT2D eigenvalue weighted by atomic mass is 32.1. The second-order valence-electron chi connectivity index (χ2n) is 6.27. The van der Waals surface area contributed by atoms with E-state index in [1.54, 1.807) is 42.6 Å². The number of fused-ring (bicyclic) bond motifs is 1. The summed E-state index contributed by atoms with van der Waals surface area (Å²) in [5.74, 6) is -0.587. The summed E-state index contributed by atoms with van der Waals surface area (Å²) < 4.78 is 16.5. The molecule has 10 heteroatoms. The van der Waals surface area contributed by atoms with Crippen LogP contribution in [0.5, 0.6) is 5.75 Å². The lowest BCUT2D eigenvalue weighted by Gasteiger charge is -2.10. The van der Waals surface area contributed by atoms with Gasteiger partial charge in [0.2, 0.25) is 0 Å². The number of furan rings is 1. The van der Waals surface area contributed by atoms with E-state index in [-0.39, 0.29) is 28.4 Å². The largest absolute Gasteiger partial charge is 0.497 e. The number of carbonyl (C=O) groups excluding carboxylic acids is 2. The molecule has 3 heterocycles. The minimum Gasteiger partial charge on any atom is -0.497 e. The van der Waals surface area contributed by atoms with Gasteiger partial charge in [-0.05, 0) is 31.2 Å². The van der Waals surface area contributed by atoms with Gasteiger partial charge >= 0.3 is 5.97 Å². The van der Waals surface area contributed by atoms with Crippen LogP contribution in [-0.4, -0.2) is 35.4 Å². The fraction of sp³-hybridized carbons (Fsp3) is 0.143. The molecule has 0 saturated heterocycles. The molecular weight excluding hydrogens is 422 g/mol. The highest BCUT2D eigenvalue weighted by Crippen LogP contribution is 2.31. The van der Waals surface area contributed by atoms with Crippen LogP contribution < -0.4 is 15.6 Å². The molecule has 0 fully saturated rings. The van der Waals surface area contributed by atoms with E-state index in [4.69, 9.17) is 13.9 Å². The number of amides is 1. The van der Waals surface area contributed by atoms with Gasteiger partial charge in [0, 0.05) is 16.8 Å². The third-order valence-corrected chi connectivity index (χ3v) is 5.29. The molecule has 31 heavy (non-hydrogen) atoms. The lowest BCUT2D eigenvalue weighted by atomic mass is 10.2. The summed E-state index contributed by atoms with van der Waals surface area (Å²) in [6.45, 7) is 1.82. The van der Waals surface area contributed by atoms with E-state index in [0.717, 1.165) is 16.0 Å². The maximum absolute atomic E-state index is 13.4. The van der Waals surface area contributed by atoms with Gasteiger partial charge in [-0.15, -0.1) is 11.3 Å². The molecule has 4 rings (SSSR count). The zero-order chi connectivity index (χ0) is 22.0. The maximum atomic E-state index is 13.4. The monoisotopic (exact) mass is 439 g/mol. The Morgan fingerprint density at radius 1 is 1.26 bits per heavy atom. The number of aromatic nitrogens is 2. The van der Waals surface area contributed by atoms with Crippen LogP contribution in [0, 0.1) is 0 Å². The van der Waals surface area contributed by atoms with E-state index in [0.29, 0.717) is 16.8 Å². The topological polar surface area (TPSA) is 113 Å². The van der Waals surface area contributed by atoms with E-state index in [2.05, 4.69) is 10.4 Å². The molecule has 9 nitrogen and oxygen atoms in total. The van der Waals surface area contributed by atoms with E-state index in [1.807, 2.05) is 0 Å². The Balaban J connectivity index is 1.91. The van der Waals surface area contributed by atoms with E-state index in [1.165, 1.54) is 19.4 Å². The van der Waals surface area contributed by atoms with Crippen LogP contribution in [-0.2, 0) is 4.74 Å². The van der Waals surface area contributed by atoms with Crippen molar-refractivity contribution in [2.75, 3.05) is 19.0 Å². The Labute approximate surface area is 179 Å². The lowest BCUT2D eigenvalue weighted by molar-refractivity contribution is 0.0520. The van der Waals surface area contributed by atoms with Crippen LogP contribution in [0.4, 0.5) is 5.00 Å². The Morgan fingerprint density at radius 2 is 2.10 bits per heavy atom. The van der Waals surface area contributed by atoms with Gasteiger partial charge in [0.25, 0.3) is 11.5 Å². The molecule has 0 saturated carbocycles. The Bertz CT molecular complexity index is 1320. The summed E-state index contributed by atoms with van der Waals surface area (Å²) in [5, 5.41) is 9.23. The van der Waals surface area contributed by atoms with E-state index in [9.17, 15) is 14.4 Å². The highest BCUT2D eigenvalue weighted by molar-refractivity contribution is 7.16. The zero-order valence-electron chi connectivity index (χ0n) is 16.6. The van der Waals surface area contributed by atoms with Crippen molar-refractivity contribution < 1.29 is 23.5 Å². The van der Waals surface area contributed by atoms with E-state index < -0.39 is 17.4 Å². The van der Waals surface area contributed by atoms with Crippen LogP contribution >= 0.6 is 11.3 Å². The number of hydrogen-bond donors (Lipinski definition) is 1. The Kier molecular flexibility index (Phi) is 5.54. The molecule has 4 aromatic rings. The van der Waals surface area contributed by atoms with Crippen LogP contribution in [0.2, 0.25) is 0 Å². The average molecular weight is 439 g/mol. The zero-order valence-corrected chi connectivity index (χ0v) is 17.4. The first kappa shape index (κ1) is 20.4. The molecule has 1 aromatic carbocycles. The number of nitrogens with one attached hydrogen (secondary N) is 1. The normalized spacial score (nSPS) is 10.8. The lowest BCUT2D eigenvalue weighted by Crippen LogP contribution is -2.25. The molecule has 1 N–H and O–H groups in total. The second-order valence-corrected chi connectivity index (χ2v) is 7.15. The minimum atomic E-state index is -0.675. The van der Waals surface area contributed by atoms with Crippen LogP contribution in [0.1, 0.15) is 28.0 Å². The molecule has 0 bridgehead atoms. The molecule has 1 amide bonds. The first-order valence-corrected chi connectivity index (χ1v) is 10.1. The van der Waals surface area contributed by atoms with Crippen molar-refractivity contribution in [3.8, 4) is 11.4 Å². The smallest absolute Gasteiger partial charge is 0.359 e. The molecule has 158 valence electrons. The van der Waals surface area contributed by atoms with Gasteiger partial charge in [-0.2, -0.15) is 9.78 Å². The van der Waals surface area contributed by atoms with Gasteiger partial charge in [-0.3, -0.25) is 9.59 Å². The first-order chi connectivity index (χ1) is 15.0. The van der Waals surface area contributed by atoms with Gasteiger partial charge < -0.3 is 19.2 Å². The summed E-state index contributed by atoms with van der Waals surface area (Å²) >= 11 is 1.10. The highest BCUT2D eigenvalue weighted by Gasteiger charge is 2.23. The van der Waals surface area contributed by atoms with Crippen molar-refractivity contribution in [2.24, 2.45) is 0 Å². The molecule has 0 aliphatic heterocycles. The van der Waals surface area contributed by atoms with Crippen molar-refractivity contribution in [1.82, 2.24) is 9.78 Å². The predicted octanol–water partition coefficient (Wildman–Crippen LogP) is 3.48. The van der Waals surface area contributed by atoms with Gasteiger partial charge in [-0.1, -0.05) is 6.07 Å². The maximum Gasteiger partial charge on any atom is 0.359 e. The summed E-state index contributed by atoms with van der Waals surface area (Å²) in [6.07, 6.45) is 1.37. The number of carbonyl (C=O) groups is 2. The number of methoxy groups -OCH3 is 1. The molecule has 0 spiro atoms. The molecule has 0 radical (unpaired) electrons. The van der Waals surface area contributed by atoms with Crippen molar-refractivity contribution in [3.63, 3.8) is 0 Å². The quantitative estimate of drug-likeness (QED) is 0.458. The van der Waals surface area contributed by atoms with Crippen molar-refractivity contribution in [1.29, 1.82) is 0 Å². The number of nitrogens with zero attached hydrogens (tertiary/aromatic N) is 2. The first-order valence-electron chi connectivity index (χ1n) is 9.24.